The number of carbonyl (C=O) groups is 1. The number of aryl methyl sites for hydroxylation is 1. The molecule has 0 bridgehead atoms. The number of nitrogens with zero attached hydrogens (tertiary/aromatic N) is 4. The summed E-state index contributed by atoms with van der Waals surface area (Å²) < 4.78 is 0. The first-order chi connectivity index (χ1) is 18.3. The van der Waals surface area contributed by atoms with Crippen LogP contribution in [0.4, 0.5) is 40.2 Å². The van der Waals surface area contributed by atoms with Crippen molar-refractivity contribution in [3.8, 4) is 0 Å². The molecular weight excluding hydrogens is 512 g/mol. The molecule has 10 heteroatoms. The lowest BCUT2D eigenvalue weighted by molar-refractivity contribution is 0.102. The Morgan fingerprint density at radius 1 is 0.846 bits per heavy atom. The first-order valence-corrected chi connectivity index (χ1v) is 12.1. The number of carbonyl (C=O) groups excluding carboxylic acids is 1. The maximum atomic E-state index is 12.9. The van der Waals surface area contributed by atoms with Crippen molar-refractivity contribution in [2.24, 2.45) is 0 Å². The molecule has 0 saturated carbocycles. The number of nitrogens with one attached hydrogen (secondary N) is 3. The summed E-state index contributed by atoms with van der Waals surface area (Å²) >= 11 is 0. The third-order valence-electron chi connectivity index (χ3n) is 5.93. The first-order valence-electron chi connectivity index (χ1n) is 12.1. The number of benzene rings is 3. The zero-order valence-electron chi connectivity index (χ0n) is 21.8. The van der Waals surface area contributed by atoms with Gasteiger partial charge in [-0.25, -0.2) is 4.98 Å². The first kappa shape index (κ1) is 27.2. The molecule has 0 aliphatic rings. The Balaban J connectivity index is 0.00000353. The minimum Gasteiger partial charge on any atom is -0.378 e. The van der Waals surface area contributed by atoms with E-state index in [1.54, 1.807) is 24.4 Å². The summed E-state index contributed by atoms with van der Waals surface area (Å²) in [6.45, 7) is 1.84. The van der Waals surface area contributed by atoms with Gasteiger partial charge in [0, 0.05) is 71.4 Å². The van der Waals surface area contributed by atoms with Crippen molar-refractivity contribution in [1.29, 1.82) is 0 Å². The van der Waals surface area contributed by atoms with Gasteiger partial charge in [0.1, 0.15) is 5.82 Å². The Morgan fingerprint density at radius 2 is 1.62 bits per heavy atom. The summed E-state index contributed by atoms with van der Waals surface area (Å²) in [6.07, 6.45) is 1.79. The highest BCUT2D eigenvalue weighted by Crippen LogP contribution is 2.29. The topological polar surface area (TPSA) is 121 Å². The number of pyridine rings is 1. The lowest BCUT2D eigenvalue weighted by atomic mass is 10.1. The number of hydrogen-bond acceptors (Lipinski definition) is 8. The van der Waals surface area contributed by atoms with Gasteiger partial charge in [0.15, 0.2) is 0 Å². The fraction of sp³-hybridized carbons (Fsp3) is 0.103. The van der Waals surface area contributed by atoms with Gasteiger partial charge in [-0.2, -0.15) is 4.98 Å². The second kappa shape index (κ2) is 11.7. The zero-order valence-corrected chi connectivity index (χ0v) is 22.6. The average molecular weight is 541 g/mol. The molecule has 0 unspecified atom stereocenters. The smallest absolute Gasteiger partial charge is 0.255 e. The van der Waals surface area contributed by atoms with E-state index in [1.807, 2.05) is 69.6 Å². The third-order valence-corrected chi connectivity index (χ3v) is 5.93. The normalized spacial score (nSPS) is 10.4. The predicted octanol–water partition coefficient (Wildman–Crippen LogP) is 6.14. The Labute approximate surface area is 232 Å². The highest BCUT2D eigenvalue weighted by atomic mass is 35.5. The predicted molar refractivity (Wildman–Crippen MR) is 162 cm³/mol. The van der Waals surface area contributed by atoms with Crippen LogP contribution in [-0.4, -0.2) is 35.0 Å². The van der Waals surface area contributed by atoms with Crippen molar-refractivity contribution >= 4 is 69.4 Å². The molecule has 0 atom stereocenters. The van der Waals surface area contributed by atoms with Crippen LogP contribution in [0.25, 0.3) is 10.9 Å². The SMILES string of the molecule is Cc1cc(Nc2cccc(C(=O)Nc3ccc(Nc4ccnc5ccc(N(C)C)cc45)cc3)c2)nc(N)n1.Cl. The fourth-order valence-electron chi connectivity index (χ4n) is 4.06. The number of aromatic nitrogens is 3. The highest BCUT2D eigenvalue weighted by molar-refractivity contribution is 6.05. The number of rotatable bonds is 7. The van der Waals surface area contributed by atoms with E-state index >= 15 is 0 Å². The van der Waals surface area contributed by atoms with Crippen LogP contribution in [0.2, 0.25) is 0 Å². The number of nitrogens with two attached hydrogens (primary N) is 1. The van der Waals surface area contributed by atoms with Gasteiger partial charge in [0.05, 0.1) is 5.52 Å². The Hall–Kier alpha value is -4.89. The second-order valence-electron chi connectivity index (χ2n) is 9.07. The number of anilines is 7. The Morgan fingerprint density at radius 3 is 2.36 bits per heavy atom. The largest absolute Gasteiger partial charge is 0.378 e. The van der Waals surface area contributed by atoms with Crippen LogP contribution >= 0.6 is 12.4 Å². The van der Waals surface area contributed by atoms with Gasteiger partial charge in [0.2, 0.25) is 5.95 Å². The van der Waals surface area contributed by atoms with Gasteiger partial charge in [0.25, 0.3) is 5.91 Å². The van der Waals surface area contributed by atoms with E-state index < -0.39 is 0 Å². The third kappa shape index (κ3) is 6.52. The summed E-state index contributed by atoms with van der Waals surface area (Å²) in [4.78, 5) is 27.7. The minimum absolute atomic E-state index is 0. The van der Waals surface area contributed by atoms with E-state index in [9.17, 15) is 4.79 Å². The maximum absolute atomic E-state index is 12.9. The van der Waals surface area contributed by atoms with Crippen molar-refractivity contribution in [1.82, 2.24) is 15.0 Å². The van der Waals surface area contributed by atoms with Crippen LogP contribution in [0, 0.1) is 6.92 Å². The van der Waals surface area contributed by atoms with Crippen LogP contribution in [0.3, 0.4) is 0 Å². The molecule has 0 spiro atoms. The lowest BCUT2D eigenvalue weighted by Crippen LogP contribution is -2.12. The van der Waals surface area contributed by atoms with Gasteiger partial charge in [-0.3, -0.25) is 9.78 Å². The van der Waals surface area contributed by atoms with Crippen molar-refractivity contribution < 1.29 is 4.79 Å². The zero-order chi connectivity index (χ0) is 26.6. The highest BCUT2D eigenvalue weighted by Gasteiger charge is 2.09. The van der Waals surface area contributed by atoms with E-state index in [2.05, 4.69) is 47.9 Å². The second-order valence-corrected chi connectivity index (χ2v) is 9.07. The molecule has 5 aromatic rings. The van der Waals surface area contributed by atoms with Crippen molar-refractivity contribution in [2.45, 2.75) is 6.92 Å². The summed E-state index contributed by atoms with van der Waals surface area (Å²) in [7, 11) is 4.03. The van der Waals surface area contributed by atoms with E-state index in [0.29, 0.717) is 17.1 Å². The van der Waals surface area contributed by atoms with Crippen LogP contribution in [-0.2, 0) is 0 Å². The van der Waals surface area contributed by atoms with Crippen LogP contribution in [0.5, 0.6) is 0 Å². The van der Waals surface area contributed by atoms with Gasteiger partial charge in [-0.1, -0.05) is 6.07 Å². The monoisotopic (exact) mass is 540 g/mol. The maximum Gasteiger partial charge on any atom is 0.255 e. The number of amides is 1. The van der Waals surface area contributed by atoms with Crippen molar-refractivity contribution in [2.75, 3.05) is 40.7 Å². The number of nitrogen functional groups attached to an aromatic ring is 1. The molecule has 2 heterocycles. The summed E-state index contributed by atoms with van der Waals surface area (Å²) in [5.74, 6) is 0.536. The van der Waals surface area contributed by atoms with E-state index in [0.717, 1.165) is 39.3 Å². The molecule has 0 saturated heterocycles. The standard InChI is InChI=1S/C29H28N8O.ClH/c1-18-15-27(36-29(30)32-18)34-22-6-4-5-19(16-22)28(38)35-21-9-7-20(8-10-21)33-26-13-14-31-25-12-11-23(37(2)3)17-24(25)26;/h4-17H,1-3H3,(H,31,33)(H,35,38)(H3,30,32,34,36);1H. The lowest BCUT2D eigenvalue weighted by Gasteiger charge is -2.15. The van der Waals surface area contributed by atoms with Gasteiger partial charge >= 0.3 is 0 Å². The van der Waals surface area contributed by atoms with E-state index in [4.69, 9.17) is 5.73 Å². The molecule has 5 N–H and O–H groups in total. The summed E-state index contributed by atoms with van der Waals surface area (Å²) in [5, 5.41) is 10.6. The molecule has 5 rings (SSSR count). The van der Waals surface area contributed by atoms with E-state index in [1.165, 1.54) is 0 Å². The molecule has 2 aromatic heterocycles. The van der Waals surface area contributed by atoms with E-state index in [-0.39, 0.29) is 24.3 Å². The van der Waals surface area contributed by atoms with Gasteiger partial charge < -0.3 is 26.6 Å². The molecule has 39 heavy (non-hydrogen) atoms. The molecule has 0 radical (unpaired) electrons. The quantitative estimate of drug-likeness (QED) is 0.194. The summed E-state index contributed by atoms with van der Waals surface area (Å²) in [5.41, 5.74) is 12.3. The minimum atomic E-state index is -0.218. The van der Waals surface area contributed by atoms with Crippen LogP contribution in [0.1, 0.15) is 16.1 Å². The molecular formula is C29H29ClN8O. The molecule has 0 fully saturated rings. The molecule has 9 nitrogen and oxygen atoms in total. The molecule has 198 valence electrons. The number of fused-ring (bicyclic) bond motifs is 1. The molecule has 1 amide bonds. The fourth-order valence-corrected chi connectivity index (χ4v) is 4.06. The molecule has 0 aliphatic carbocycles. The van der Waals surface area contributed by atoms with Crippen LogP contribution in [0.15, 0.2) is 85.1 Å². The number of hydrogen-bond donors (Lipinski definition) is 4. The molecule has 3 aromatic carbocycles. The van der Waals surface area contributed by atoms with Crippen molar-refractivity contribution in [3.63, 3.8) is 0 Å². The summed E-state index contributed by atoms with van der Waals surface area (Å²) in [6, 6.07) is 24.7. The molecule has 0 aliphatic heterocycles. The average Bonchev–Trinajstić information content (AvgIpc) is 2.89. The van der Waals surface area contributed by atoms with Crippen molar-refractivity contribution in [3.05, 3.63) is 96.3 Å². The number of halogens is 1. The van der Waals surface area contributed by atoms with Gasteiger partial charge in [-0.05, 0) is 73.7 Å². The Bertz CT molecular complexity index is 1600. The Kier molecular flexibility index (Phi) is 8.12. The van der Waals surface area contributed by atoms with Crippen LogP contribution < -0.4 is 26.6 Å². The van der Waals surface area contributed by atoms with Gasteiger partial charge in [-0.15, -0.1) is 12.4 Å².